The summed E-state index contributed by atoms with van der Waals surface area (Å²) in [5.74, 6) is 0.697. The van der Waals surface area contributed by atoms with Gasteiger partial charge in [0.05, 0.1) is 10.7 Å². The van der Waals surface area contributed by atoms with Gasteiger partial charge in [-0.25, -0.2) is 0 Å². The van der Waals surface area contributed by atoms with Crippen molar-refractivity contribution in [2.45, 2.75) is 25.7 Å². The van der Waals surface area contributed by atoms with Crippen LogP contribution in [-0.2, 0) is 11.4 Å². The second-order valence-electron chi connectivity index (χ2n) is 6.11. The summed E-state index contributed by atoms with van der Waals surface area (Å²) in [5, 5.41) is 21.6. The van der Waals surface area contributed by atoms with Crippen molar-refractivity contribution in [3.8, 4) is 5.75 Å². The molecule has 0 bridgehead atoms. The van der Waals surface area contributed by atoms with Gasteiger partial charge in [-0.15, -0.1) is 10.2 Å². The van der Waals surface area contributed by atoms with Crippen LogP contribution in [0.4, 0.5) is 11.4 Å². The number of nitrogens with zero attached hydrogens (tertiary/aromatic N) is 3. The molecule has 0 unspecified atom stereocenters. The van der Waals surface area contributed by atoms with E-state index in [0.29, 0.717) is 17.1 Å². The third-order valence-electron chi connectivity index (χ3n) is 3.91. The highest BCUT2D eigenvalue weighted by Gasteiger charge is 2.14. The molecule has 1 aromatic heterocycles. The Balaban J connectivity index is 1.50. The Hall–Kier alpha value is -3.40. The summed E-state index contributed by atoms with van der Waals surface area (Å²) >= 11 is 1.07. The van der Waals surface area contributed by atoms with E-state index in [2.05, 4.69) is 15.5 Å². The molecule has 0 saturated heterocycles. The van der Waals surface area contributed by atoms with E-state index in [9.17, 15) is 14.9 Å². The number of nitrogens with one attached hydrogen (secondary N) is 1. The van der Waals surface area contributed by atoms with Gasteiger partial charge in [0, 0.05) is 17.3 Å². The Kier molecular flexibility index (Phi) is 6.45. The molecule has 3 aromatic rings. The summed E-state index contributed by atoms with van der Waals surface area (Å²) in [7, 11) is 0. The van der Waals surface area contributed by atoms with Crippen LogP contribution in [0.25, 0.3) is 0 Å². The molecular formula is C19H18N4O5S. The molecule has 0 saturated carbocycles. The van der Waals surface area contributed by atoms with E-state index in [4.69, 9.17) is 9.15 Å². The molecule has 3 rings (SSSR count). The van der Waals surface area contributed by atoms with Crippen LogP contribution in [0.15, 0.2) is 52.1 Å². The Bertz CT molecular complexity index is 1040. The van der Waals surface area contributed by atoms with Crippen molar-refractivity contribution in [1.82, 2.24) is 10.2 Å². The monoisotopic (exact) mass is 414 g/mol. The number of carbonyl (C=O) groups is 1. The molecule has 2 aromatic carbocycles. The number of thioether (sulfide) groups is 1. The van der Waals surface area contributed by atoms with Crippen LogP contribution in [0.3, 0.4) is 0 Å². The summed E-state index contributed by atoms with van der Waals surface area (Å²) in [6.07, 6.45) is 0. The molecule has 1 N–H and O–H groups in total. The number of nitro groups is 1. The number of amides is 1. The van der Waals surface area contributed by atoms with Crippen LogP contribution < -0.4 is 10.1 Å². The quantitative estimate of drug-likeness (QED) is 0.335. The normalized spacial score (nSPS) is 10.6. The van der Waals surface area contributed by atoms with Crippen LogP contribution >= 0.6 is 11.8 Å². The summed E-state index contributed by atoms with van der Waals surface area (Å²) < 4.78 is 11.1. The van der Waals surface area contributed by atoms with Crippen molar-refractivity contribution in [3.63, 3.8) is 0 Å². The van der Waals surface area contributed by atoms with Crippen molar-refractivity contribution >= 4 is 29.0 Å². The molecule has 0 fully saturated rings. The Morgan fingerprint density at radius 3 is 2.76 bits per heavy atom. The molecule has 0 aliphatic heterocycles. The minimum atomic E-state index is -0.487. The number of rotatable bonds is 8. The SMILES string of the molecule is Cc1ccccc1OCc1nnc(SCC(=O)Nc2ccc(C)c([N+](=O)[O-])c2)o1. The molecule has 150 valence electrons. The minimum Gasteiger partial charge on any atom is -0.484 e. The Labute approximate surface area is 170 Å². The first-order valence-electron chi connectivity index (χ1n) is 8.61. The van der Waals surface area contributed by atoms with E-state index in [0.717, 1.165) is 23.1 Å². The van der Waals surface area contributed by atoms with E-state index >= 15 is 0 Å². The van der Waals surface area contributed by atoms with Crippen LogP contribution in [0.5, 0.6) is 5.75 Å². The van der Waals surface area contributed by atoms with Crippen molar-refractivity contribution < 1.29 is 18.9 Å². The number of anilines is 1. The summed E-state index contributed by atoms with van der Waals surface area (Å²) in [6, 6.07) is 12.1. The molecule has 0 aliphatic rings. The third kappa shape index (κ3) is 5.55. The largest absolute Gasteiger partial charge is 0.484 e. The minimum absolute atomic E-state index is 0.0158. The molecule has 0 atom stereocenters. The van der Waals surface area contributed by atoms with E-state index < -0.39 is 4.92 Å². The number of ether oxygens (including phenoxy) is 1. The standard InChI is InChI=1S/C19H18N4O5S/c1-12-7-8-14(9-15(12)23(25)26)20-17(24)11-29-19-22-21-18(28-19)10-27-16-6-4-3-5-13(16)2/h3-9H,10-11H2,1-2H3,(H,20,24). The van der Waals surface area contributed by atoms with Crippen LogP contribution in [0.1, 0.15) is 17.0 Å². The predicted molar refractivity (Wildman–Crippen MR) is 107 cm³/mol. The summed E-state index contributed by atoms with van der Waals surface area (Å²) in [4.78, 5) is 22.6. The zero-order valence-corrected chi connectivity index (χ0v) is 16.6. The zero-order valence-electron chi connectivity index (χ0n) is 15.7. The number of aromatic nitrogens is 2. The lowest BCUT2D eigenvalue weighted by Gasteiger charge is -2.06. The van der Waals surface area contributed by atoms with Crippen molar-refractivity contribution in [3.05, 3.63) is 69.6 Å². The topological polar surface area (TPSA) is 120 Å². The number of nitro benzene ring substituents is 1. The summed E-state index contributed by atoms with van der Waals surface area (Å²) in [6.45, 7) is 3.69. The molecule has 10 heteroatoms. The number of para-hydroxylation sites is 1. The Morgan fingerprint density at radius 1 is 1.21 bits per heavy atom. The number of aryl methyl sites for hydroxylation is 2. The van der Waals surface area contributed by atoms with Crippen LogP contribution in [0, 0.1) is 24.0 Å². The fourth-order valence-electron chi connectivity index (χ4n) is 2.42. The van der Waals surface area contributed by atoms with Gasteiger partial charge in [0.25, 0.3) is 16.8 Å². The smallest absolute Gasteiger partial charge is 0.277 e. The van der Waals surface area contributed by atoms with E-state index in [1.54, 1.807) is 19.1 Å². The van der Waals surface area contributed by atoms with Gasteiger partial charge in [-0.2, -0.15) is 0 Å². The van der Waals surface area contributed by atoms with Gasteiger partial charge in [-0.3, -0.25) is 14.9 Å². The first kappa shape index (κ1) is 20.3. The van der Waals surface area contributed by atoms with Gasteiger partial charge >= 0.3 is 0 Å². The highest BCUT2D eigenvalue weighted by Crippen LogP contribution is 2.23. The lowest BCUT2D eigenvalue weighted by atomic mass is 10.2. The molecule has 1 amide bonds. The highest BCUT2D eigenvalue weighted by molar-refractivity contribution is 7.99. The van der Waals surface area contributed by atoms with Gasteiger partial charge in [0.15, 0.2) is 6.61 Å². The zero-order chi connectivity index (χ0) is 20.8. The Morgan fingerprint density at radius 2 is 2.00 bits per heavy atom. The number of hydrogen-bond acceptors (Lipinski definition) is 8. The second kappa shape index (κ2) is 9.20. The maximum absolute atomic E-state index is 12.1. The molecular weight excluding hydrogens is 396 g/mol. The summed E-state index contributed by atoms with van der Waals surface area (Å²) in [5.41, 5.74) is 1.82. The first-order chi connectivity index (χ1) is 13.9. The fourth-order valence-corrected chi connectivity index (χ4v) is 3.00. The molecule has 1 heterocycles. The van der Waals surface area contributed by atoms with E-state index in [1.165, 1.54) is 6.07 Å². The third-order valence-corrected chi connectivity index (χ3v) is 4.73. The van der Waals surface area contributed by atoms with E-state index in [-0.39, 0.29) is 29.2 Å². The van der Waals surface area contributed by atoms with Gasteiger partial charge in [0.1, 0.15) is 5.75 Å². The van der Waals surface area contributed by atoms with Gasteiger partial charge in [-0.1, -0.05) is 36.0 Å². The fraction of sp³-hybridized carbons (Fsp3) is 0.211. The average molecular weight is 414 g/mol. The molecule has 9 nitrogen and oxygen atoms in total. The molecule has 29 heavy (non-hydrogen) atoms. The number of carbonyl (C=O) groups excluding carboxylic acids is 1. The highest BCUT2D eigenvalue weighted by atomic mass is 32.2. The second-order valence-corrected chi connectivity index (χ2v) is 7.04. The van der Waals surface area contributed by atoms with Gasteiger partial charge < -0.3 is 14.5 Å². The van der Waals surface area contributed by atoms with Crippen LogP contribution in [0.2, 0.25) is 0 Å². The van der Waals surface area contributed by atoms with Crippen molar-refractivity contribution in [1.29, 1.82) is 0 Å². The number of benzene rings is 2. The van der Waals surface area contributed by atoms with Gasteiger partial charge in [-0.05, 0) is 31.5 Å². The van der Waals surface area contributed by atoms with Crippen molar-refractivity contribution in [2.24, 2.45) is 0 Å². The number of hydrogen-bond donors (Lipinski definition) is 1. The molecule has 0 aliphatic carbocycles. The maximum atomic E-state index is 12.1. The maximum Gasteiger partial charge on any atom is 0.277 e. The average Bonchev–Trinajstić information content (AvgIpc) is 3.15. The first-order valence-corrected chi connectivity index (χ1v) is 9.59. The van der Waals surface area contributed by atoms with Crippen LogP contribution in [-0.4, -0.2) is 26.8 Å². The van der Waals surface area contributed by atoms with Crippen molar-refractivity contribution in [2.75, 3.05) is 11.1 Å². The van der Waals surface area contributed by atoms with Gasteiger partial charge in [0.2, 0.25) is 5.91 Å². The lowest BCUT2D eigenvalue weighted by Crippen LogP contribution is -2.14. The predicted octanol–water partition coefficient (Wildman–Crippen LogP) is 3.90. The lowest BCUT2D eigenvalue weighted by molar-refractivity contribution is -0.385. The molecule has 0 radical (unpaired) electrons. The van der Waals surface area contributed by atoms with E-state index in [1.807, 2.05) is 31.2 Å². The molecule has 0 spiro atoms.